The minimum Gasteiger partial charge on any atom is -0.507 e. The van der Waals surface area contributed by atoms with E-state index < -0.39 is 23.5 Å². The lowest BCUT2D eigenvalue weighted by atomic mass is 9.95. The van der Waals surface area contributed by atoms with E-state index in [1.807, 2.05) is 6.92 Å². The number of ketones is 1. The van der Waals surface area contributed by atoms with Crippen LogP contribution in [0.25, 0.3) is 5.76 Å². The number of carbonyl (C=O) groups excluding carboxylic acids is 2. The highest BCUT2D eigenvalue weighted by Gasteiger charge is 2.46. The smallest absolute Gasteiger partial charge is 0.295 e. The van der Waals surface area contributed by atoms with Gasteiger partial charge in [-0.25, -0.2) is 4.39 Å². The first kappa shape index (κ1) is 20.5. The molecule has 1 saturated heterocycles. The molecule has 0 aromatic heterocycles. The molecular formula is C22H22FNO5. The zero-order chi connectivity index (χ0) is 21.0. The summed E-state index contributed by atoms with van der Waals surface area (Å²) in [5.74, 6) is -2.10. The second-order valence-corrected chi connectivity index (χ2v) is 6.55. The number of amides is 1. The van der Waals surface area contributed by atoms with E-state index in [1.54, 1.807) is 30.3 Å². The molecule has 1 fully saturated rings. The monoisotopic (exact) mass is 399 g/mol. The first-order valence-electron chi connectivity index (χ1n) is 9.36. The number of aliphatic hydroxyl groups is 2. The minimum absolute atomic E-state index is 0.0557. The number of halogens is 1. The number of ether oxygens (including phenoxy) is 1. The van der Waals surface area contributed by atoms with Crippen molar-refractivity contribution in [3.63, 3.8) is 0 Å². The number of hydrogen-bond donors (Lipinski definition) is 2. The third-order valence-electron chi connectivity index (χ3n) is 4.74. The molecule has 0 aliphatic carbocycles. The van der Waals surface area contributed by atoms with Crippen LogP contribution in [0.15, 0.2) is 54.1 Å². The van der Waals surface area contributed by atoms with Gasteiger partial charge in [0.15, 0.2) is 0 Å². The minimum atomic E-state index is -1.07. The Morgan fingerprint density at radius 1 is 1.14 bits per heavy atom. The molecule has 0 spiro atoms. The summed E-state index contributed by atoms with van der Waals surface area (Å²) in [6.45, 7) is 2.19. The van der Waals surface area contributed by atoms with Crippen molar-refractivity contribution < 1.29 is 28.9 Å². The largest absolute Gasteiger partial charge is 0.507 e. The third kappa shape index (κ3) is 4.00. The molecule has 1 unspecified atom stereocenters. The van der Waals surface area contributed by atoms with Gasteiger partial charge in [0.2, 0.25) is 0 Å². The first-order chi connectivity index (χ1) is 14.0. The van der Waals surface area contributed by atoms with E-state index in [0.717, 1.165) is 0 Å². The molecule has 29 heavy (non-hydrogen) atoms. The molecule has 152 valence electrons. The predicted octanol–water partition coefficient (Wildman–Crippen LogP) is 3.03. The number of Topliss-reactive ketones (excluding diaryl/α,β-unsaturated/α-hetero) is 1. The average Bonchev–Trinajstić information content (AvgIpc) is 2.97. The van der Waals surface area contributed by atoms with E-state index in [2.05, 4.69) is 0 Å². The Labute approximate surface area is 167 Å². The highest BCUT2D eigenvalue weighted by molar-refractivity contribution is 6.46. The normalized spacial score (nSPS) is 18.3. The van der Waals surface area contributed by atoms with Gasteiger partial charge in [0.05, 0.1) is 18.2 Å². The summed E-state index contributed by atoms with van der Waals surface area (Å²) in [4.78, 5) is 26.5. The van der Waals surface area contributed by atoms with E-state index in [-0.39, 0.29) is 36.5 Å². The molecule has 1 aliphatic rings. The Morgan fingerprint density at radius 2 is 1.83 bits per heavy atom. The first-order valence-corrected chi connectivity index (χ1v) is 9.36. The van der Waals surface area contributed by atoms with Gasteiger partial charge in [-0.1, -0.05) is 18.2 Å². The summed E-state index contributed by atoms with van der Waals surface area (Å²) in [6, 6.07) is 11.2. The number of aliphatic hydroxyl groups excluding tert-OH is 2. The zero-order valence-corrected chi connectivity index (χ0v) is 16.0. The molecule has 1 aliphatic heterocycles. The lowest BCUT2D eigenvalue weighted by Crippen LogP contribution is -2.31. The van der Waals surface area contributed by atoms with E-state index in [9.17, 15) is 19.1 Å². The number of likely N-dealkylation sites (tertiary alicyclic amines) is 1. The molecule has 2 N–H and O–H groups in total. The highest BCUT2D eigenvalue weighted by atomic mass is 19.1. The number of hydrogen-bond acceptors (Lipinski definition) is 5. The van der Waals surface area contributed by atoms with Crippen LogP contribution in [0, 0.1) is 5.82 Å². The van der Waals surface area contributed by atoms with Crippen molar-refractivity contribution in [2.75, 3.05) is 19.8 Å². The molecular weight excluding hydrogens is 377 g/mol. The third-order valence-corrected chi connectivity index (χ3v) is 4.74. The van der Waals surface area contributed by atoms with Crippen molar-refractivity contribution in [2.24, 2.45) is 0 Å². The lowest BCUT2D eigenvalue weighted by Gasteiger charge is -2.25. The summed E-state index contributed by atoms with van der Waals surface area (Å²) in [5.41, 5.74) is 0.245. The van der Waals surface area contributed by atoms with Gasteiger partial charge in [0.25, 0.3) is 11.7 Å². The van der Waals surface area contributed by atoms with E-state index in [0.29, 0.717) is 17.9 Å². The van der Waals surface area contributed by atoms with Gasteiger partial charge >= 0.3 is 0 Å². The molecule has 0 bridgehead atoms. The molecule has 2 aromatic carbocycles. The average molecular weight is 399 g/mol. The highest BCUT2D eigenvalue weighted by Crippen LogP contribution is 2.40. The van der Waals surface area contributed by atoms with Crippen molar-refractivity contribution in [1.29, 1.82) is 0 Å². The number of benzene rings is 2. The van der Waals surface area contributed by atoms with E-state index in [4.69, 9.17) is 9.84 Å². The molecule has 0 radical (unpaired) electrons. The van der Waals surface area contributed by atoms with Crippen molar-refractivity contribution in [3.05, 3.63) is 71.0 Å². The zero-order valence-electron chi connectivity index (χ0n) is 16.0. The summed E-state index contributed by atoms with van der Waals surface area (Å²) in [6.07, 6.45) is 0.223. The quantitative estimate of drug-likeness (QED) is 0.425. The van der Waals surface area contributed by atoms with Gasteiger partial charge in [-0.2, -0.15) is 0 Å². The Balaban J connectivity index is 2.12. The van der Waals surface area contributed by atoms with Crippen molar-refractivity contribution >= 4 is 17.4 Å². The van der Waals surface area contributed by atoms with E-state index in [1.165, 1.54) is 23.1 Å². The second-order valence-electron chi connectivity index (χ2n) is 6.55. The van der Waals surface area contributed by atoms with Crippen LogP contribution in [0.1, 0.15) is 30.5 Å². The standard InChI is InChI=1S/C22H22FNO5/c1-2-29-15-10-8-14(9-11-15)20(26)18-19(16-6-3-4-7-17(16)23)24(12-5-13-25)22(28)21(18)27/h3-4,6-11,19,25-26H,2,5,12-13H2,1H3/b20-18-. The maximum Gasteiger partial charge on any atom is 0.295 e. The van der Waals surface area contributed by atoms with Crippen molar-refractivity contribution in [2.45, 2.75) is 19.4 Å². The van der Waals surface area contributed by atoms with Crippen LogP contribution < -0.4 is 4.74 Å². The molecule has 2 aromatic rings. The van der Waals surface area contributed by atoms with Crippen molar-refractivity contribution in [1.82, 2.24) is 4.90 Å². The summed E-state index contributed by atoms with van der Waals surface area (Å²) < 4.78 is 19.9. The Bertz CT molecular complexity index is 938. The number of carbonyl (C=O) groups is 2. The molecule has 7 heteroatoms. The topological polar surface area (TPSA) is 87.1 Å². The molecule has 3 rings (SSSR count). The molecule has 6 nitrogen and oxygen atoms in total. The Hall–Kier alpha value is -3.19. The summed E-state index contributed by atoms with van der Waals surface area (Å²) >= 11 is 0. The van der Waals surface area contributed by atoms with Gasteiger partial charge in [0.1, 0.15) is 17.3 Å². The van der Waals surface area contributed by atoms with Crippen LogP contribution >= 0.6 is 0 Å². The predicted molar refractivity (Wildman–Crippen MR) is 105 cm³/mol. The van der Waals surface area contributed by atoms with Gasteiger partial charge in [-0.15, -0.1) is 0 Å². The molecule has 0 saturated carbocycles. The molecule has 1 heterocycles. The molecule has 1 atom stereocenters. The van der Waals surface area contributed by atoms with Gasteiger partial charge < -0.3 is 19.8 Å². The fourth-order valence-corrected chi connectivity index (χ4v) is 3.40. The Kier molecular flexibility index (Phi) is 6.29. The second kappa shape index (κ2) is 8.87. The number of rotatable bonds is 7. The maximum atomic E-state index is 14.5. The fourth-order valence-electron chi connectivity index (χ4n) is 3.40. The fraction of sp³-hybridized carbons (Fsp3) is 0.273. The van der Waals surface area contributed by atoms with Crippen LogP contribution in [-0.2, 0) is 9.59 Å². The Morgan fingerprint density at radius 3 is 2.45 bits per heavy atom. The van der Waals surface area contributed by atoms with Crippen LogP contribution in [0.4, 0.5) is 4.39 Å². The van der Waals surface area contributed by atoms with Crippen LogP contribution in [0.5, 0.6) is 5.75 Å². The van der Waals surface area contributed by atoms with Gasteiger partial charge in [-0.3, -0.25) is 9.59 Å². The van der Waals surface area contributed by atoms with Crippen molar-refractivity contribution in [3.8, 4) is 5.75 Å². The van der Waals surface area contributed by atoms with Gasteiger partial charge in [0, 0.05) is 24.3 Å². The molecule has 1 amide bonds. The number of nitrogens with zero attached hydrogens (tertiary/aromatic N) is 1. The SMILES string of the molecule is CCOc1ccc(/C(O)=C2/C(=O)C(=O)N(CCCO)C2c2ccccc2F)cc1. The van der Waals surface area contributed by atoms with Crippen LogP contribution in [0.3, 0.4) is 0 Å². The summed E-state index contributed by atoms with van der Waals surface area (Å²) in [7, 11) is 0. The maximum absolute atomic E-state index is 14.5. The van der Waals surface area contributed by atoms with E-state index >= 15 is 0 Å². The van der Waals surface area contributed by atoms with Crippen LogP contribution in [-0.4, -0.2) is 46.6 Å². The summed E-state index contributed by atoms with van der Waals surface area (Å²) in [5, 5.41) is 20.0. The van der Waals surface area contributed by atoms with Gasteiger partial charge in [-0.05, 0) is 43.7 Å². The van der Waals surface area contributed by atoms with Crippen LogP contribution in [0.2, 0.25) is 0 Å². The lowest BCUT2D eigenvalue weighted by molar-refractivity contribution is -0.140.